The van der Waals surface area contributed by atoms with Crippen LogP contribution in [-0.2, 0) is 28.7 Å². The Balaban J connectivity index is 1.34. The molecular formula is C32H32ClN3O3S. The van der Waals surface area contributed by atoms with Crippen molar-refractivity contribution in [3.05, 3.63) is 131 Å². The van der Waals surface area contributed by atoms with Crippen molar-refractivity contribution >= 4 is 27.3 Å². The topological polar surface area (TPSA) is 71.5 Å². The van der Waals surface area contributed by atoms with E-state index in [9.17, 15) is 8.42 Å². The molecule has 0 amide bonds. The molecule has 0 saturated heterocycles. The largest absolute Gasteiger partial charge is 0.494 e. The lowest BCUT2D eigenvalue weighted by atomic mass is 10.0. The summed E-state index contributed by atoms with van der Waals surface area (Å²) < 4.78 is 34.4. The molecule has 1 N–H and O–H groups in total. The minimum atomic E-state index is -3.81. The third kappa shape index (κ3) is 6.39. The number of hydrogen-bond acceptors (Lipinski definition) is 5. The Kier molecular flexibility index (Phi) is 8.26. The van der Waals surface area contributed by atoms with Gasteiger partial charge >= 0.3 is 0 Å². The van der Waals surface area contributed by atoms with Gasteiger partial charge in [0.05, 0.1) is 29.3 Å². The van der Waals surface area contributed by atoms with Crippen molar-refractivity contribution in [1.29, 1.82) is 0 Å². The highest BCUT2D eigenvalue weighted by molar-refractivity contribution is 7.89. The summed E-state index contributed by atoms with van der Waals surface area (Å²) in [6.07, 6.45) is 3.69. The number of hydrogen-bond donors (Lipinski definition) is 1. The molecule has 40 heavy (non-hydrogen) atoms. The molecule has 1 aromatic heterocycles. The van der Waals surface area contributed by atoms with Crippen LogP contribution in [-0.4, -0.2) is 24.3 Å². The first-order valence-electron chi connectivity index (χ1n) is 13.2. The molecule has 1 aliphatic rings. The highest BCUT2D eigenvalue weighted by Gasteiger charge is 2.44. The van der Waals surface area contributed by atoms with Crippen molar-refractivity contribution < 1.29 is 13.2 Å². The Bertz CT molecular complexity index is 1570. The summed E-state index contributed by atoms with van der Waals surface area (Å²) in [7, 11) is -3.81. The monoisotopic (exact) mass is 573 g/mol. The van der Waals surface area contributed by atoms with Gasteiger partial charge < -0.3 is 10.1 Å². The van der Waals surface area contributed by atoms with Gasteiger partial charge in [-0.1, -0.05) is 60.6 Å². The van der Waals surface area contributed by atoms with Crippen molar-refractivity contribution in [3.8, 4) is 5.75 Å². The molecule has 206 valence electrons. The van der Waals surface area contributed by atoms with Crippen molar-refractivity contribution in [2.75, 3.05) is 6.61 Å². The van der Waals surface area contributed by atoms with Crippen molar-refractivity contribution in [3.63, 3.8) is 0 Å². The SMILES string of the molecule is C=C(NC1(c2cccc(Cl)c2)CC1)c1ccc(CN(Cc2ccccn2)S(=O)(=O)c2ccc(OCC)cc2)cc1. The maximum atomic E-state index is 13.7. The Morgan fingerprint density at radius 3 is 2.38 bits per heavy atom. The van der Waals surface area contributed by atoms with E-state index in [-0.39, 0.29) is 23.5 Å². The first-order valence-corrected chi connectivity index (χ1v) is 15.1. The smallest absolute Gasteiger partial charge is 0.243 e. The zero-order valence-corrected chi connectivity index (χ0v) is 24.0. The van der Waals surface area contributed by atoms with E-state index in [1.165, 1.54) is 4.31 Å². The van der Waals surface area contributed by atoms with Gasteiger partial charge in [0.1, 0.15) is 5.75 Å². The van der Waals surface area contributed by atoms with E-state index in [0.29, 0.717) is 18.1 Å². The molecule has 0 spiro atoms. The number of nitrogens with zero attached hydrogens (tertiary/aromatic N) is 2. The van der Waals surface area contributed by atoms with Gasteiger partial charge in [0, 0.05) is 23.5 Å². The van der Waals surface area contributed by atoms with Crippen LogP contribution in [0, 0.1) is 0 Å². The molecular weight excluding hydrogens is 542 g/mol. The zero-order valence-electron chi connectivity index (χ0n) is 22.4. The second-order valence-electron chi connectivity index (χ2n) is 9.89. The van der Waals surface area contributed by atoms with Gasteiger partial charge in [-0.25, -0.2) is 8.42 Å². The summed E-state index contributed by atoms with van der Waals surface area (Å²) in [5.41, 5.74) is 4.30. The van der Waals surface area contributed by atoms with Crippen LogP contribution >= 0.6 is 11.6 Å². The van der Waals surface area contributed by atoms with Crippen LogP contribution in [0.25, 0.3) is 5.70 Å². The van der Waals surface area contributed by atoms with E-state index in [4.69, 9.17) is 16.3 Å². The summed E-state index contributed by atoms with van der Waals surface area (Å²) >= 11 is 6.23. The third-order valence-corrected chi connectivity index (χ3v) is 9.06. The van der Waals surface area contributed by atoms with Crippen LogP contribution in [0.2, 0.25) is 5.02 Å². The number of ether oxygens (including phenoxy) is 1. The van der Waals surface area contributed by atoms with Crippen molar-refractivity contribution in [1.82, 2.24) is 14.6 Å². The van der Waals surface area contributed by atoms with E-state index < -0.39 is 10.0 Å². The molecule has 1 heterocycles. The van der Waals surface area contributed by atoms with Gasteiger partial charge in [-0.2, -0.15) is 4.31 Å². The van der Waals surface area contributed by atoms with E-state index in [0.717, 1.165) is 40.3 Å². The highest BCUT2D eigenvalue weighted by atomic mass is 35.5. The maximum Gasteiger partial charge on any atom is 0.243 e. The predicted octanol–water partition coefficient (Wildman–Crippen LogP) is 6.77. The van der Waals surface area contributed by atoms with Crippen LogP contribution in [0.15, 0.2) is 109 Å². The lowest BCUT2D eigenvalue weighted by Gasteiger charge is -2.23. The number of pyridine rings is 1. The molecule has 1 aliphatic carbocycles. The van der Waals surface area contributed by atoms with Gasteiger partial charge in [0.25, 0.3) is 0 Å². The lowest BCUT2D eigenvalue weighted by Crippen LogP contribution is -2.30. The first kappa shape index (κ1) is 27.9. The number of nitrogens with one attached hydrogen (secondary N) is 1. The molecule has 6 nitrogen and oxygen atoms in total. The normalized spacial score (nSPS) is 14.1. The van der Waals surface area contributed by atoms with Crippen LogP contribution in [0.3, 0.4) is 0 Å². The van der Waals surface area contributed by atoms with E-state index in [1.54, 1.807) is 30.5 Å². The molecule has 8 heteroatoms. The molecule has 0 aliphatic heterocycles. The molecule has 0 bridgehead atoms. The molecule has 0 radical (unpaired) electrons. The first-order chi connectivity index (χ1) is 19.3. The maximum absolute atomic E-state index is 13.7. The fourth-order valence-electron chi connectivity index (χ4n) is 4.69. The summed E-state index contributed by atoms with van der Waals surface area (Å²) in [5, 5.41) is 4.32. The van der Waals surface area contributed by atoms with E-state index in [1.807, 2.05) is 67.6 Å². The Hall–Kier alpha value is -3.65. The van der Waals surface area contributed by atoms with Gasteiger partial charge in [0.15, 0.2) is 0 Å². The van der Waals surface area contributed by atoms with Crippen LogP contribution in [0.1, 0.15) is 42.1 Å². The van der Waals surface area contributed by atoms with Gasteiger partial charge in [-0.15, -0.1) is 0 Å². The lowest BCUT2D eigenvalue weighted by molar-refractivity contribution is 0.340. The number of benzene rings is 3. The van der Waals surface area contributed by atoms with E-state index in [2.05, 4.69) is 22.9 Å². The minimum Gasteiger partial charge on any atom is -0.494 e. The Morgan fingerprint density at radius 1 is 1.00 bits per heavy atom. The second-order valence-corrected chi connectivity index (χ2v) is 12.3. The fraction of sp³-hybridized carbons (Fsp3) is 0.219. The predicted molar refractivity (Wildman–Crippen MR) is 159 cm³/mol. The minimum absolute atomic E-state index is 0.147. The van der Waals surface area contributed by atoms with E-state index >= 15 is 0 Å². The Morgan fingerprint density at radius 2 is 1.75 bits per heavy atom. The van der Waals surface area contributed by atoms with Crippen molar-refractivity contribution in [2.45, 2.75) is 43.3 Å². The summed E-state index contributed by atoms with van der Waals surface area (Å²) in [6.45, 7) is 7.01. The number of rotatable bonds is 12. The molecule has 3 aromatic carbocycles. The molecule has 5 rings (SSSR count). The third-order valence-electron chi connectivity index (χ3n) is 7.02. The van der Waals surface area contributed by atoms with Gasteiger partial charge in [-0.05, 0) is 85.0 Å². The number of aromatic nitrogens is 1. The van der Waals surface area contributed by atoms with Crippen LogP contribution in [0.5, 0.6) is 5.75 Å². The molecule has 1 saturated carbocycles. The quantitative estimate of drug-likeness (QED) is 0.202. The fourth-order valence-corrected chi connectivity index (χ4v) is 6.28. The molecule has 4 aromatic rings. The Labute approximate surface area is 241 Å². The zero-order chi connectivity index (χ0) is 28.2. The van der Waals surface area contributed by atoms with Gasteiger partial charge in [0.2, 0.25) is 10.0 Å². The second kappa shape index (κ2) is 11.8. The van der Waals surface area contributed by atoms with Gasteiger partial charge in [-0.3, -0.25) is 4.98 Å². The standard InChI is InChI=1S/C32H32ClN3O3S/c1-3-39-30-14-16-31(17-15-30)40(37,38)36(23-29-9-4-5-20-34-29)22-25-10-12-26(13-11-25)24(2)35-32(18-19-32)27-7-6-8-28(33)21-27/h4-17,20-21,35H,2-3,18-19,22-23H2,1H3. The average Bonchev–Trinajstić information content (AvgIpc) is 3.75. The summed E-state index contributed by atoms with van der Waals surface area (Å²) in [5.74, 6) is 0.630. The van der Waals surface area contributed by atoms with Crippen LogP contribution < -0.4 is 10.1 Å². The van der Waals surface area contributed by atoms with Crippen molar-refractivity contribution in [2.24, 2.45) is 0 Å². The molecule has 0 unspecified atom stereocenters. The molecule has 0 atom stereocenters. The summed E-state index contributed by atoms with van der Waals surface area (Å²) in [4.78, 5) is 4.56. The van der Waals surface area contributed by atoms with Crippen LogP contribution in [0.4, 0.5) is 0 Å². The highest BCUT2D eigenvalue weighted by Crippen LogP contribution is 2.47. The molecule has 1 fully saturated rings. The number of sulfonamides is 1. The summed E-state index contributed by atoms with van der Waals surface area (Å²) in [6, 6.07) is 27.8. The number of halogens is 1. The average molecular weight is 574 g/mol.